The number of rotatable bonds is 8. The predicted octanol–water partition coefficient (Wildman–Crippen LogP) is 2.33. The van der Waals surface area contributed by atoms with Gasteiger partial charge in [-0.25, -0.2) is 12.7 Å². The molecule has 0 saturated heterocycles. The van der Waals surface area contributed by atoms with Crippen LogP contribution in [0.5, 0.6) is 0 Å². The number of nitro benzene ring substituents is 1. The Hall–Kier alpha value is -1.38. The van der Waals surface area contributed by atoms with Gasteiger partial charge in [0.15, 0.2) is 0 Å². The third-order valence-electron chi connectivity index (χ3n) is 2.90. The van der Waals surface area contributed by atoms with Gasteiger partial charge in [0.05, 0.1) is 16.2 Å². The van der Waals surface area contributed by atoms with Crippen LogP contribution >= 0.6 is 11.6 Å². The first-order valence-corrected chi connectivity index (χ1v) is 8.62. The van der Waals surface area contributed by atoms with Crippen LogP contribution in [0.3, 0.4) is 0 Å². The van der Waals surface area contributed by atoms with Crippen molar-refractivity contribution in [3.8, 4) is 0 Å². The van der Waals surface area contributed by atoms with E-state index in [4.69, 9.17) is 11.6 Å². The maximum absolute atomic E-state index is 11.4. The molecule has 7 nitrogen and oxygen atoms in total. The Morgan fingerprint density at radius 3 is 2.62 bits per heavy atom. The highest BCUT2D eigenvalue weighted by molar-refractivity contribution is 7.88. The Morgan fingerprint density at radius 1 is 1.43 bits per heavy atom. The lowest BCUT2D eigenvalue weighted by Crippen LogP contribution is -2.31. The molecule has 1 N–H and O–H groups in total. The van der Waals surface area contributed by atoms with E-state index in [-0.39, 0.29) is 16.4 Å². The summed E-state index contributed by atoms with van der Waals surface area (Å²) in [7, 11) is -3.22. The number of hydrogen-bond donors (Lipinski definition) is 1. The third-order valence-corrected chi connectivity index (χ3v) is 4.59. The van der Waals surface area contributed by atoms with Crippen molar-refractivity contribution in [2.45, 2.75) is 13.3 Å². The highest BCUT2D eigenvalue weighted by atomic mass is 35.5. The summed E-state index contributed by atoms with van der Waals surface area (Å²) >= 11 is 5.94. The first kappa shape index (κ1) is 17.7. The fraction of sp³-hybridized carbons (Fsp3) is 0.500. The number of nitrogens with one attached hydrogen (secondary N) is 1. The zero-order valence-corrected chi connectivity index (χ0v) is 13.4. The molecule has 1 aromatic carbocycles. The number of halogens is 1. The van der Waals surface area contributed by atoms with E-state index in [0.29, 0.717) is 26.1 Å². The Balaban J connectivity index is 2.63. The van der Waals surface area contributed by atoms with Crippen LogP contribution in [0.2, 0.25) is 5.02 Å². The number of hydrogen-bond acceptors (Lipinski definition) is 5. The van der Waals surface area contributed by atoms with Crippen LogP contribution in [-0.4, -0.2) is 43.5 Å². The van der Waals surface area contributed by atoms with Crippen molar-refractivity contribution in [3.63, 3.8) is 0 Å². The molecule has 0 aliphatic rings. The Morgan fingerprint density at radius 2 is 2.10 bits per heavy atom. The highest BCUT2D eigenvalue weighted by Gasteiger charge is 2.17. The van der Waals surface area contributed by atoms with E-state index in [9.17, 15) is 18.5 Å². The first-order chi connectivity index (χ1) is 9.77. The van der Waals surface area contributed by atoms with Crippen LogP contribution in [-0.2, 0) is 10.0 Å². The molecule has 0 aliphatic heterocycles. The smallest absolute Gasteiger partial charge is 0.293 e. The Labute approximate surface area is 129 Å². The topological polar surface area (TPSA) is 92.5 Å². The minimum atomic E-state index is -3.22. The van der Waals surface area contributed by atoms with Crippen LogP contribution in [0, 0.1) is 10.1 Å². The van der Waals surface area contributed by atoms with Gasteiger partial charge in [-0.1, -0.05) is 24.6 Å². The van der Waals surface area contributed by atoms with E-state index in [1.54, 1.807) is 13.0 Å². The third kappa shape index (κ3) is 5.14. The van der Waals surface area contributed by atoms with Gasteiger partial charge in [-0.2, -0.15) is 0 Å². The lowest BCUT2D eigenvalue weighted by molar-refractivity contribution is -0.383. The van der Waals surface area contributed by atoms with Crippen molar-refractivity contribution in [3.05, 3.63) is 33.3 Å². The number of sulfonamides is 1. The van der Waals surface area contributed by atoms with Crippen LogP contribution in [0.4, 0.5) is 11.4 Å². The van der Waals surface area contributed by atoms with Crippen molar-refractivity contribution >= 4 is 33.0 Å². The van der Waals surface area contributed by atoms with Crippen molar-refractivity contribution in [1.29, 1.82) is 0 Å². The van der Waals surface area contributed by atoms with Gasteiger partial charge in [-0.05, 0) is 12.5 Å². The second-order valence-electron chi connectivity index (χ2n) is 4.43. The summed E-state index contributed by atoms with van der Waals surface area (Å²) < 4.78 is 24.2. The summed E-state index contributed by atoms with van der Waals surface area (Å²) in [6.45, 7) is 2.88. The lowest BCUT2D eigenvalue weighted by Gasteiger charge is -2.18. The van der Waals surface area contributed by atoms with Gasteiger partial charge in [0.2, 0.25) is 10.0 Å². The van der Waals surface area contributed by atoms with E-state index in [2.05, 4.69) is 5.32 Å². The molecule has 1 aromatic rings. The molecule has 0 aliphatic carbocycles. The van der Waals surface area contributed by atoms with Crippen LogP contribution in [0.25, 0.3) is 0 Å². The molecule has 118 valence electrons. The molecule has 0 amide bonds. The lowest BCUT2D eigenvalue weighted by atomic mass is 10.2. The zero-order chi connectivity index (χ0) is 16.0. The summed E-state index contributed by atoms with van der Waals surface area (Å²) in [4.78, 5) is 10.4. The minimum Gasteiger partial charge on any atom is -0.378 e. The van der Waals surface area contributed by atoms with Crippen molar-refractivity contribution < 1.29 is 13.3 Å². The van der Waals surface area contributed by atoms with E-state index < -0.39 is 14.9 Å². The molecule has 0 spiro atoms. The maximum atomic E-state index is 11.4. The molecule has 0 aromatic heterocycles. The summed E-state index contributed by atoms with van der Waals surface area (Å²) in [6, 6.07) is 4.43. The normalized spacial score (nSPS) is 11.6. The second kappa shape index (κ2) is 7.58. The maximum Gasteiger partial charge on any atom is 0.293 e. The largest absolute Gasteiger partial charge is 0.378 e. The van der Waals surface area contributed by atoms with Gasteiger partial charge in [0.25, 0.3) is 5.69 Å². The molecule has 21 heavy (non-hydrogen) atoms. The highest BCUT2D eigenvalue weighted by Crippen LogP contribution is 2.31. The van der Waals surface area contributed by atoms with Crippen LogP contribution < -0.4 is 5.32 Å². The Kier molecular flexibility index (Phi) is 6.38. The van der Waals surface area contributed by atoms with Crippen LogP contribution in [0.15, 0.2) is 18.2 Å². The number of nitrogens with zero attached hydrogens (tertiary/aromatic N) is 2. The summed E-state index contributed by atoms with van der Waals surface area (Å²) in [6.07, 6.45) is 1.67. The van der Waals surface area contributed by atoms with Gasteiger partial charge >= 0.3 is 0 Å². The number of benzene rings is 1. The summed E-state index contributed by atoms with van der Waals surface area (Å²) in [5, 5.41) is 14.1. The fourth-order valence-corrected chi connectivity index (χ4v) is 3.03. The Bertz CT molecular complexity index is 607. The number of anilines is 1. The summed E-state index contributed by atoms with van der Waals surface area (Å²) in [5.41, 5.74) is 0.157. The molecule has 0 bridgehead atoms. The number of nitro groups is 1. The molecule has 0 atom stereocenters. The van der Waals surface area contributed by atoms with Gasteiger partial charge in [-0.3, -0.25) is 10.1 Å². The van der Waals surface area contributed by atoms with Gasteiger partial charge in [0.1, 0.15) is 5.69 Å². The predicted molar refractivity (Wildman–Crippen MR) is 83.3 cm³/mol. The minimum absolute atomic E-state index is 0.0991. The molecule has 0 unspecified atom stereocenters. The molecular formula is C12H18ClN3O4S. The average molecular weight is 336 g/mol. The van der Waals surface area contributed by atoms with Gasteiger partial charge in [-0.15, -0.1) is 0 Å². The van der Waals surface area contributed by atoms with E-state index in [1.165, 1.54) is 16.4 Å². The SMILES string of the molecule is CCN(CCCNc1c(Cl)cccc1[N+](=O)[O-])S(C)(=O)=O. The molecular weight excluding hydrogens is 318 g/mol. The number of para-hydroxylation sites is 1. The molecule has 1 rings (SSSR count). The van der Waals surface area contributed by atoms with E-state index >= 15 is 0 Å². The summed E-state index contributed by atoms with van der Waals surface area (Å²) in [5.74, 6) is 0. The quantitative estimate of drug-likeness (QED) is 0.447. The monoisotopic (exact) mass is 335 g/mol. The molecule has 0 radical (unpaired) electrons. The molecule has 0 fully saturated rings. The first-order valence-electron chi connectivity index (χ1n) is 6.39. The fourth-order valence-electron chi connectivity index (χ4n) is 1.87. The second-order valence-corrected chi connectivity index (χ2v) is 6.82. The van der Waals surface area contributed by atoms with Crippen LogP contribution in [0.1, 0.15) is 13.3 Å². The van der Waals surface area contributed by atoms with Gasteiger partial charge < -0.3 is 5.32 Å². The zero-order valence-electron chi connectivity index (χ0n) is 11.9. The van der Waals surface area contributed by atoms with Gasteiger partial charge in [0, 0.05) is 25.7 Å². The molecule has 0 heterocycles. The van der Waals surface area contributed by atoms with E-state index in [0.717, 1.165) is 6.26 Å². The van der Waals surface area contributed by atoms with Crippen molar-refractivity contribution in [1.82, 2.24) is 4.31 Å². The van der Waals surface area contributed by atoms with E-state index in [1.807, 2.05) is 0 Å². The molecule has 9 heteroatoms. The van der Waals surface area contributed by atoms with Crippen molar-refractivity contribution in [2.75, 3.05) is 31.2 Å². The molecule has 0 saturated carbocycles. The van der Waals surface area contributed by atoms with Crippen molar-refractivity contribution in [2.24, 2.45) is 0 Å². The average Bonchev–Trinajstić information content (AvgIpc) is 2.38. The standard InChI is InChI=1S/C12H18ClN3O4S/c1-3-15(21(2,19)20)9-5-8-14-12-10(13)6-4-7-11(12)16(17)18/h4,6-7,14H,3,5,8-9H2,1-2H3.